The molecule has 1 aliphatic heterocycles. The van der Waals surface area contributed by atoms with Crippen molar-refractivity contribution in [3.05, 3.63) is 35.4 Å². The van der Waals surface area contributed by atoms with Crippen LogP contribution in [0.25, 0.3) is 0 Å². The third kappa shape index (κ3) is 3.87. The average Bonchev–Trinajstić information content (AvgIpc) is 2.45. The molecule has 2 nitrogen and oxygen atoms in total. The van der Waals surface area contributed by atoms with Gasteiger partial charge in [-0.3, -0.25) is 4.90 Å². The minimum Gasteiger partial charge on any atom is -0.314 e. The number of nitrogens with zero attached hydrogens (tertiary/aromatic N) is 1. The van der Waals surface area contributed by atoms with Gasteiger partial charge in [0.05, 0.1) is 5.56 Å². The molecule has 1 aliphatic rings. The van der Waals surface area contributed by atoms with Crippen molar-refractivity contribution < 1.29 is 13.2 Å². The highest BCUT2D eigenvalue weighted by molar-refractivity contribution is 6.17. The fourth-order valence-electron chi connectivity index (χ4n) is 2.53. The third-order valence-corrected chi connectivity index (χ3v) is 3.80. The van der Waals surface area contributed by atoms with Crippen molar-refractivity contribution in [2.75, 3.05) is 32.1 Å². The zero-order valence-electron chi connectivity index (χ0n) is 11.1. The van der Waals surface area contributed by atoms with Gasteiger partial charge < -0.3 is 5.32 Å². The Morgan fingerprint density at radius 3 is 2.85 bits per heavy atom. The molecule has 0 amide bonds. The Hall–Kier alpha value is -0.780. The molecule has 0 bridgehead atoms. The van der Waals surface area contributed by atoms with E-state index in [-0.39, 0.29) is 6.04 Å². The van der Waals surface area contributed by atoms with Crippen LogP contribution in [-0.4, -0.2) is 37.0 Å². The summed E-state index contributed by atoms with van der Waals surface area (Å²) >= 11 is 5.71. The predicted molar refractivity (Wildman–Crippen MR) is 74.0 cm³/mol. The first-order valence-corrected chi connectivity index (χ1v) is 7.23. The van der Waals surface area contributed by atoms with Crippen molar-refractivity contribution in [3.8, 4) is 0 Å². The normalized spacial score (nSPS) is 21.1. The van der Waals surface area contributed by atoms with Crippen LogP contribution in [0.5, 0.6) is 0 Å². The molecule has 1 aromatic carbocycles. The van der Waals surface area contributed by atoms with Gasteiger partial charge in [0.25, 0.3) is 0 Å². The summed E-state index contributed by atoms with van der Waals surface area (Å²) < 4.78 is 38.4. The Morgan fingerprint density at radius 2 is 2.15 bits per heavy atom. The van der Waals surface area contributed by atoms with E-state index in [1.165, 1.54) is 12.1 Å². The number of hydrogen-bond acceptors (Lipinski definition) is 2. The molecule has 1 fully saturated rings. The second kappa shape index (κ2) is 6.78. The van der Waals surface area contributed by atoms with Gasteiger partial charge in [0.15, 0.2) is 0 Å². The molecule has 1 atom stereocenters. The summed E-state index contributed by atoms with van der Waals surface area (Å²) in [6, 6.07) is 5.59. The monoisotopic (exact) mass is 306 g/mol. The molecule has 2 rings (SSSR count). The molecule has 20 heavy (non-hydrogen) atoms. The van der Waals surface area contributed by atoms with Crippen LogP contribution in [0.4, 0.5) is 13.2 Å². The number of rotatable bonds is 4. The molecule has 112 valence electrons. The minimum atomic E-state index is -4.29. The van der Waals surface area contributed by atoms with Crippen molar-refractivity contribution in [2.45, 2.75) is 18.6 Å². The summed E-state index contributed by atoms with van der Waals surface area (Å²) in [5.74, 6) is 0.569. The predicted octanol–water partition coefficient (Wildman–Crippen LogP) is 3.28. The summed E-state index contributed by atoms with van der Waals surface area (Å²) in [5.41, 5.74) is 0.125. The standard InChI is InChI=1S/C14H18ClF3N2/c15-5-2-7-20-8-6-19-10-13(20)11-3-1-4-12(9-11)14(16,17)18/h1,3-4,9,13,19H,2,5-8,10H2. The lowest BCUT2D eigenvalue weighted by molar-refractivity contribution is -0.137. The highest BCUT2D eigenvalue weighted by Crippen LogP contribution is 2.32. The van der Waals surface area contributed by atoms with E-state index < -0.39 is 11.7 Å². The second-order valence-electron chi connectivity index (χ2n) is 4.92. The summed E-state index contributed by atoms with van der Waals surface area (Å²) in [6.45, 7) is 3.17. The number of benzene rings is 1. The number of alkyl halides is 4. The number of halogens is 4. The third-order valence-electron chi connectivity index (χ3n) is 3.53. The molecule has 1 unspecified atom stereocenters. The van der Waals surface area contributed by atoms with Crippen LogP contribution < -0.4 is 5.32 Å². The highest BCUT2D eigenvalue weighted by atomic mass is 35.5. The molecule has 0 saturated carbocycles. The van der Waals surface area contributed by atoms with Gasteiger partial charge >= 0.3 is 6.18 Å². The Labute approximate surface area is 121 Å². The Balaban J connectivity index is 2.19. The van der Waals surface area contributed by atoms with Gasteiger partial charge in [-0.05, 0) is 30.7 Å². The molecular weight excluding hydrogens is 289 g/mol. The van der Waals surface area contributed by atoms with Crippen LogP contribution in [0.15, 0.2) is 24.3 Å². The van der Waals surface area contributed by atoms with Crippen molar-refractivity contribution in [1.82, 2.24) is 10.2 Å². The first-order valence-electron chi connectivity index (χ1n) is 6.70. The number of hydrogen-bond donors (Lipinski definition) is 1. The number of nitrogens with one attached hydrogen (secondary N) is 1. The summed E-state index contributed by atoms with van der Waals surface area (Å²) in [7, 11) is 0. The Morgan fingerprint density at radius 1 is 1.35 bits per heavy atom. The van der Waals surface area contributed by atoms with E-state index in [0.717, 1.165) is 32.1 Å². The molecule has 1 heterocycles. The molecule has 6 heteroatoms. The average molecular weight is 307 g/mol. The largest absolute Gasteiger partial charge is 0.416 e. The summed E-state index contributed by atoms with van der Waals surface area (Å²) in [4.78, 5) is 2.20. The molecule has 1 N–H and O–H groups in total. The van der Waals surface area contributed by atoms with E-state index in [0.29, 0.717) is 18.0 Å². The second-order valence-corrected chi connectivity index (χ2v) is 5.30. The summed E-state index contributed by atoms with van der Waals surface area (Å²) in [5, 5.41) is 3.24. The molecule has 0 aliphatic carbocycles. The van der Waals surface area contributed by atoms with Crippen LogP contribution >= 0.6 is 11.6 Å². The molecule has 0 spiro atoms. The molecule has 0 radical (unpaired) electrons. The van der Waals surface area contributed by atoms with Gasteiger partial charge in [0.1, 0.15) is 0 Å². The van der Waals surface area contributed by atoms with Crippen LogP contribution in [0, 0.1) is 0 Å². The fraction of sp³-hybridized carbons (Fsp3) is 0.571. The van der Waals surface area contributed by atoms with Crippen molar-refractivity contribution in [3.63, 3.8) is 0 Å². The smallest absolute Gasteiger partial charge is 0.314 e. The van der Waals surface area contributed by atoms with E-state index >= 15 is 0 Å². The van der Waals surface area contributed by atoms with Crippen LogP contribution in [0.1, 0.15) is 23.6 Å². The zero-order chi connectivity index (χ0) is 14.6. The van der Waals surface area contributed by atoms with Gasteiger partial charge in [0, 0.05) is 31.6 Å². The Kier molecular flexibility index (Phi) is 5.29. The van der Waals surface area contributed by atoms with E-state index in [9.17, 15) is 13.2 Å². The highest BCUT2D eigenvalue weighted by Gasteiger charge is 2.32. The first-order chi connectivity index (χ1) is 9.52. The van der Waals surface area contributed by atoms with Gasteiger partial charge in [-0.25, -0.2) is 0 Å². The van der Waals surface area contributed by atoms with Crippen molar-refractivity contribution in [2.24, 2.45) is 0 Å². The molecule has 1 saturated heterocycles. The lowest BCUT2D eigenvalue weighted by atomic mass is 10.0. The minimum absolute atomic E-state index is 0.0192. The Bertz CT molecular complexity index is 437. The van der Waals surface area contributed by atoms with E-state index in [4.69, 9.17) is 11.6 Å². The van der Waals surface area contributed by atoms with Gasteiger partial charge in [-0.2, -0.15) is 13.2 Å². The number of piperazine rings is 1. The van der Waals surface area contributed by atoms with E-state index in [2.05, 4.69) is 10.2 Å². The van der Waals surface area contributed by atoms with Crippen LogP contribution in [0.2, 0.25) is 0 Å². The van der Waals surface area contributed by atoms with Gasteiger partial charge in [0.2, 0.25) is 0 Å². The lowest BCUT2D eigenvalue weighted by Gasteiger charge is -2.36. The maximum atomic E-state index is 12.8. The first kappa shape index (κ1) is 15.6. The zero-order valence-corrected chi connectivity index (χ0v) is 11.8. The SMILES string of the molecule is FC(F)(F)c1cccc(C2CNCCN2CCCCl)c1. The fourth-order valence-corrected chi connectivity index (χ4v) is 2.65. The molecular formula is C14H18ClF3N2. The van der Waals surface area contributed by atoms with Gasteiger partial charge in [-0.1, -0.05) is 12.1 Å². The maximum absolute atomic E-state index is 12.8. The summed E-state index contributed by atoms with van der Waals surface area (Å²) in [6.07, 6.45) is -3.45. The van der Waals surface area contributed by atoms with Gasteiger partial charge in [-0.15, -0.1) is 11.6 Å². The molecule has 1 aromatic rings. The van der Waals surface area contributed by atoms with Crippen molar-refractivity contribution >= 4 is 11.6 Å². The lowest BCUT2D eigenvalue weighted by Crippen LogP contribution is -2.46. The van der Waals surface area contributed by atoms with E-state index in [1.807, 2.05) is 0 Å². The quantitative estimate of drug-likeness (QED) is 0.859. The van der Waals surface area contributed by atoms with E-state index in [1.54, 1.807) is 6.07 Å². The van der Waals surface area contributed by atoms with Crippen molar-refractivity contribution in [1.29, 1.82) is 0 Å². The van der Waals surface area contributed by atoms with Crippen LogP contribution in [0.3, 0.4) is 0 Å². The molecule has 0 aromatic heterocycles. The van der Waals surface area contributed by atoms with Crippen LogP contribution in [-0.2, 0) is 6.18 Å². The maximum Gasteiger partial charge on any atom is 0.416 e. The topological polar surface area (TPSA) is 15.3 Å².